The van der Waals surface area contributed by atoms with Crippen molar-refractivity contribution in [1.82, 2.24) is 5.06 Å². The van der Waals surface area contributed by atoms with Gasteiger partial charge in [-0.05, 0) is 36.4 Å². The molecule has 0 bridgehead atoms. The first-order valence-corrected chi connectivity index (χ1v) is 7.96. The van der Waals surface area contributed by atoms with E-state index in [1.165, 1.54) is 36.4 Å². The van der Waals surface area contributed by atoms with E-state index in [1.54, 1.807) is 0 Å². The highest BCUT2D eigenvalue weighted by molar-refractivity contribution is 6.20. The fraction of sp³-hybridized carbons (Fsp3) is 0. The Kier molecular flexibility index (Phi) is 9.12. The molecule has 14 heteroatoms. The largest absolute Gasteiger partial charge is 0.429 e. The van der Waals surface area contributed by atoms with Crippen molar-refractivity contribution >= 4 is 49.1 Å². The van der Waals surface area contributed by atoms with Gasteiger partial charge in [-0.3, -0.25) is 24.4 Å². The van der Waals surface area contributed by atoms with Crippen LogP contribution in [-0.4, -0.2) is 52.2 Å². The lowest BCUT2D eigenvalue weighted by Crippen LogP contribution is -2.25. The number of benzene rings is 2. The molecule has 2 aromatic carbocycles. The Balaban J connectivity index is 0.000000289. The average molecular weight is 469 g/mol. The highest BCUT2D eigenvalue weighted by atomic mass is 35.5. The predicted octanol–water partition coefficient (Wildman–Crippen LogP) is 0.496. The second kappa shape index (κ2) is 11.3. The van der Waals surface area contributed by atoms with E-state index in [2.05, 4.69) is 20.1 Å². The van der Waals surface area contributed by atoms with Gasteiger partial charge in [-0.2, -0.15) is 0 Å². The highest BCUT2D eigenvalue weighted by Crippen LogP contribution is 2.26. The standard InChI is InChI=1S/C9H5NO5.C9H4O5.ClH.H3NO/c11-4-15-5-1-2-6-7(3-5)9(13)10(14)8(6)12;10-4-13-5-1-2-6-7(3-5)9(12)14-8(6)11;;1-2/h1-4,14H;1-4H;1H;2H,1H2. The molecule has 0 atom stereocenters. The average Bonchev–Trinajstić information content (AvgIpc) is 3.18. The molecule has 0 aliphatic carbocycles. The molecular formula is C18H13ClN2O11. The first kappa shape index (κ1) is 25.9. The zero-order valence-electron chi connectivity index (χ0n) is 15.6. The molecule has 0 fully saturated rings. The fourth-order valence-electron chi connectivity index (χ4n) is 2.53. The van der Waals surface area contributed by atoms with Crippen molar-refractivity contribution < 1.29 is 53.4 Å². The third kappa shape index (κ3) is 5.11. The monoisotopic (exact) mass is 468 g/mol. The van der Waals surface area contributed by atoms with E-state index in [0.29, 0.717) is 0 Å². The van der Waals surface area contributed by atoms with E-state index < -0.39 is 23.8 Å². The summed E-state index contributed by atoms with van der Waals surface area (Å²) in [5.41, 5.74) is 0.408. The molecule has 0 radical (unpaired) electrons. The number of halogens is 1. The number of hydrogen-bond acceptors (Lipinski definition) is 12. The molecule has 0 aromatic heterocycles. The van der Waals surface area contributed by atoms with Crippen molar-refractivity contribution in [3.8, 4) is 11.5 Å². The number of hydroxylamine groups is 2. The smallest absolute Gasteiger partial charge is 0.347 e. The van der Waals surface area contributed by atoms with Crippen LogP contribution in [0.5, 0.6) is 11.5 Å². The van der Waals surface area contributed by atoms with Gasteiger partial charge in [0.05, 0.1) is 22.3 Å². The number of ether oxygens (including phenoxy) is 3. The summed E-state index contributed by atoms with van der Waals surface area (Å²) in [5.74, 6) is 0.827. The lowest BCUT2D eigenvalue weighted by Gasteiger charge is -1.99. The molecular weight excluding hydrogens is 456 g/mol. The molecule has 0 unspecified atom stereocenters. The first-order chi connectivity index (χ1) is 14.9. The van der Waals surface area contributed by atoms with E-state index >= 15 is 0 Å². The number of cyclic esters (lactones) is 2. The van der Waals surface area contributed by atoms with E-state index in [1.807, 2.05) is 0 Å². The number of nitrogens with two attached hydrogens (primary N) is 1. The van der Waals surface area contributed by atoms with Gasteiger partial charge in [0.2, 0.25) is 0 Å². The Morgan fingerprint density at radius 2 is 1.19 bits per heavy atom. The van der Waals surface area contributed by atoms with Crippen LogP contribution in [0.15, 0.2) is 36.4 Å². The molecule has 0 saturated heterocycles. The van der Waals surface area contributed by atoms with E-state index in [-0.39, 0.29) is 64.2 Å². The Labute approximate surface area is 184 Å². The Hall–Kier alpha value is -4.17. The molecule has 13 nitrogen and oxygen atoms in total. The maximum absolute atomic E-state index is 11.3. The number of carbonyl (C=O) groups excluding carboxylic acids is 6. The van der Waals surface area contributed by atoms with Crippen LogP contribution in [0.2, 0.25) is 0 Å². The Bertz CT molecular complexity index is 1090. The van der Waals surface area contributed by atoms with Crippen molar-refractivity contribution in [2.24, 2.45) is 5.90 Å². The summed E-state index contributed by atoms with van der Waals surface area (Å²) >= 11 is 0. The Morgan fingerprint density at radius 3 is 1.72 bits per heavy atom. The summed E-state index contributed by atoms with van der Waals surface area (Å²) in [6.45, 7) is 0.448. The van der Waals surface area contributed by atoms with Crippen molar-refractivity contribution in [3.63, 3.8) is 0 Å². The van der Waals surface area contributed by atoms with Crippen LogP contribution in [-0.2, 0) is 14.3 Å². The van der Waals surface area contributed by atoms with Gasteiger partial charge in [0.25, 0.3) is 24.8 Å². The molecule has 32 heavy (non-hydrogen) atoms. The van der Waals surface area contributed by atoms with Crippen LogP contribution in [0.1, 0.15) is 41.4 Å². The Morgan fingerprint density at radius 1 is 0.750 bits per heavy atom. The molecule has 2 aromatic rings. The van der Waals surface area contributed by atoms with E-state index in [4.69, 9.17) is 10.4 Å². The van der Waals surface area contributed by atoms with Gasteiger partial charge in [0, 0.05) is 0 Å². The minimum Gasteiger partial charge on any atom is -0.429 e. The lowest BCUT2D eigenvalue weighted by atomic mass is 10.1. The van der Waals surface area contributed by atoms with Crippen molar-refractivity contribution in [2.45, 2.75) is 0 Å². The molecule has 2 aliphatic rings. The van der Waals surface area contributed by atoms with Gasteiger partial charge in [0.1, 0.15) is 11.5 Å². The normalized spacial score (nSPS) is 12.7. The fourth-order valence-corrected chi connectivity index (χ4v) is 2.53. The summed E-state index contributed by atoms with van der Waals surface area (Å²) in [4.78, 5) is 64.6. The second-order valence-electron chi connectivity index (χ2n) is 5.44. The van der Waals surface area contributed by atoms with Gasteiger partial charge in [-0.15, -0.1) is 17.5 Å². The summed E-state index contributed by atoms with van der Waals surface area (Å²) in [7, 11) is 0. The number of nitrogens with zero attached hydrogens (tertiary/aromatic N) is 1. The van der Waals surface area contributed by atoms with Crippen molar-refractivity contribution in [2.75, 3.05) is 0 Å². The van der Waals surface area contributed by atoms with Crippen LogP contribution >= 0.6 is 12.4 Å². The van der Waals surface area contributed by atoms with Gasteiger partial charge < -0.3 is 19.4 Å². The van der Waals surface area contributed by atoms with Gasteiger partial charge in [-0.1, -0.05) is 0 Å². The molecule has 0 spiro atoms. The topological polar surface area (TPSA) is 200 Å². The number of fused-ring (bicyclic) bond motifs is 2. The first-order valence-electron chi connectivity index (χ1n) is 7.96. The third-order valence-corrected chi connectivity index (χ3v) is 3.82. The van der Waals surface area contributed by atoms with E-state index in [0.717, 1.165) is 0 Å². The number of esters is 2. The zero-order valence-corrected chi connectivity index (χ0v) is 16.4. The quantitative estimate of drug-likeness (QED) is 0.140. The summed E-state index contributed by atoms with van der Waals surface area (Å²) < 4.78 is 13.4. The molecule has 2 aliphatic heterocycles. The molecule has 168 valence electrons. The van der Waals surface area contributed by atoms with Crippen LogP contribution < -0.4 is 15.4 Å². The second-order valence-corrected chi connectivity index (χ2v) is 5.44. The number of hydrogen-bond donors (Lipinski definition) is 3. The van der Waals surface area contributed by atoms with Gasteiger partial charge >= 0.3 is 11.9 Å². The number of carbonyl (C=O) groups is 6. The van der Waals surface area contributed by atoms with Crippen molar-refractivity contribution in [1.29, 1.82) is 0 Å². The zero-order chi connectivity index (χ0) is 23.1. The van der Waals surface area contributed by atoms with E-state index in [9.17, 15) is 28.8 Å². The van der Waals surface area contributed by atoms with Crippen LogP contribution in [0.3, 0.4) is 0 Å². The minimum atomic E-state index is -0.827. The van der Waals surface area contributed by atoms with Crippen LogP contribution in [0, 0.1) is 0 Å². The third-order valence-electron chi connectivity index (χ3n) is 3.82. The number of rotatable bonds is 4. The maximum Gasteiger partial charge on any atom is 0.347 e. The molecule has 0 saturated carbocycles. The highest BCUT2D eigenvalue weighted by Gasteiger charge is 2.35. The molecule has 2 amide bonds. The molecule has 2 heterocycles. The van der Waals surface area contributed by atoms with Gasteiger partial charge in [0.15, 0.2) is 0 Å². The summed E-state index contributed by atoms with van der Waals surface area (Å²) in [6.07, 6.45) is 0. The maximum atomic E-state index is 11.3. The SMILES string of the molecule is Cl.NO.O=COc1ccc2c(c1)C(=O)N(O)C2=O.O=COc1ccc2c(c1)C(=O)OC2=O. The lowest BCUT2D eigenvalue weighted by molar-refractivity contribution is -0.121. The number of imide groups is 1. The predicted molar refractivity (Wildman–Crippen MR) is 102 cm³/mol. The molecule has 4 rings (SSSR count). The van der Waals surface area contributed by atoms with Crippen LogP contribution in [0.4, 0.5) is 0 Å². The number of amides is 2. The van der Waals surface area contributed by atoms with Crippen LogP contribution in [0.25, 0.3) is 0 Å². The summed E-state index contributed by atoms with van der Waals surface area (Å²) in [6, 6.07) is 7.97. The summed E-state index contributed by atoms with van der Waals surface area (Å²) in [5, 5.41) is 15.6. The van der Waals surface area contributed by atoms with Gasteiger partial charge in [-0.25, -0.2) is 15.5 Å². The van der Waals surface area contributed by atoms with Crippen molar-refractivity contribution in [3.05, 3.63) is 58.7 Å². The molecule has 4 N–H and O–H groups in total. The minimum absolute atomic E-state index is 0.